The molecule has 3 heteroatoms. The summed E-state index contributed by atoms with van der Waals surface area (Å²) >= 11 is 0. The van der Waals surface area contributed by atoms with E-state index in [0.29, 0.717) is 16.9 Å². The lowest BCUT2D eigenvalue weighted by atomic mass is 9.49. The highest BCUT2D eigenvalue weighted by molar-refractivity contribution is 5.60. The van der Waals surface area contributed by atoms with Crippen LogP contribution in [0.4, 0.5) is 0 Å². The first-order valence-electron chi connectivity index (χ1n) is 9.70. The first-order chi connectivity index (χ1) is 12.0. The van der Waals surface area contributed by atoms with E-state index in [0.717, 1.165) is 35.4 Å². The number of ether oxygens (including phenoxy) is 1. The summed E-state index contributed by atoms with van der Waals surface area (Å²) in [5.41, 5.74) is 2.37. The van der Waals surface area contributed by atoms with Crippen molar-refractivity contribution >= 4 is 5.76 Å². The van der Waals surface area contributed by atoms with Crippen LogP contribution in [0, 0.1) is 23.2 Å². The fourth-order valence-electron chi connectivity index (χ4n) is 6.39. The van der Waals surface area contributed by atoms with Gasteiger partial charge in [-0.2, -0.15) is 0 Å². The summed E-state index contributed by atoms with van der Waals surface area (Å²) in [6, 6.07) is 5.75. The summed E-state index contributed by atoms with van der Waals surface area (Å²) in [6.07, 6.45) is 8.78. The van der Waals surface area contributed by atoms with Crippen molar-refractivity contribution in [3.05, 3.63) is 35.9 Å². The Morgan fingerprint density at radius 2 is 1.80 bits per heavy atom. The molecule has 4 saturated carbocycles. The molecule has 1 N–H and O–H groups in total. The van der Waals surface area contributed by atoms with Crippen molar-refractivity contribution in [2.45, 2.75) is 45.1 Å². The molecule has 3 nitrogen and oxygen atoms in total. The van der Waals surface area contributed by atoms with E-state index in [9.17, 15) is 5.11 Å². The monoisotopic (exact) mass is 341 g/mol. The molecule has 0 atom stereocenters. The van der Waals surface area contributed by atoms with Crippen LogP contribution < -0.4 is 0 Å². The summed E-state index contributed by atoms with van der Waals surface area (Å²) < 4.78 is 5.16. The summed E-state index contributed by atoms with van der Waals surface area (Å²) in [5.74, 6) is 3.91. The molecule has 4 aliphatic carbocycles. The highest BCUT2D eigenvalue weighted by Gasteiger charge is 2.50. The Morgan fingerprint density at radius 3 is 2.32 bits per heavy atom. The first kappa shape index (κ1) is 17.0. The molecule has 4 bridgehead atoms. The molecule has 0 radical (unpaired) electrons. The lowest BCUT2D eigenvalue weighted by molar-refractivity contribution is -0.0670. The van der Waals surface area contributed by atoms with Gasteiger partial charge in [0, 0.05) is 24.2 Å². The number of benzene rings is 1. The van der Waals surface area contributed by atoms with Crippen LogP contribution in [0.25, 0.3) is 5.76 Å². The Bertz CT molecular complexity index is 631. The van der Waals surface area contributed by atoms with Crippen molar-refractivity contribution < 1.29 is 9.84 Å². The van der Waals surface area contributed by atoms with E-state index in [4.69, 9.17) is 4.74 Å². The molecule has 0 aliphatic heterocycles. The van der Waals surface area contributed by atoms with E-state index in [1.807, 2.05) is 12.1 Å². The fourth-order valence-corrected chi connectivity index (χ4v) is 6.39. The molecule has 0 spiro atoms. The Morgan fingerprint density at radius 1 is 1.20 bits per heavy atom. The predicted molar refractivity (Wildman–Crippen MR) is 101 cm³/mol. The average Bonchev–Trinajstić information content (AvgIpc) is 2.54. The van der Waals surface area contributed by atoms with Gasteiger partial charge in [-0.25, -0.2) is 0 Å². The number of phenols is 1. The molecular weight excluding hydrogens is 310 g/mol. The molecule has 0 unspecified atom stereocenters. The zero-order valence-electron chi connectivity index (χ0n) is 15.6. The molecule has 0 heterocycles. The second-order valence-electron chi connectivity index (χ2n) is 9.06. The molecule has 4 aliphatic rings. The normalized spacial score (nSPS) is 33.0. The van der Waals surface area contributed by atoms with Crippen LogP contribution in [0.1, 0.15) is 49.7 Å². The van der Waals surface area contributed by atoms with Crippen LogP contribution in [0.2, 0.25) is 0 Å². The first-order valence-corrected chi connectivity index (χ1v) is 9.70. The van der Waals surface area contributed by atoms with E-state index in [1.54, 1.807) is 13.2 Å². The van der Waals surface area contributed by atoms with Crippen LogP contribution in [0.5, 0.6) is 5.75 Å². The summed E-state index contributed by atoms with van der Waals surface area (Å²) in [6.45, 7) is 5.82. The van der Waals surface area contributed by atoms with Gasteiger partial charge in [-0.3, -0.25) is 0 Å². The lowest BCUT2D eigenvalue weighted by Crippen LogP contribution is -2.50. The SMILES string of the molecule is C=C(OC)c1ccc(CN(C)CC23CC4CC(CC(C4)C2)C3)c(O)c1. The smallest absolute Gasteiger partial charge is 0.120 e. The summed E-state index contributed by atoms with van der Waals surface area (Å²) in [7, 11) is 3.81. The van der Waals surface area contributed by atoms with Gasteiger partial charge in [0.1, 0.15) is 11.5 Å². The minimum Gasteiger partial charge on any atom is -0.508 e. The van der Waals surface area contributed by atoms with E-state index < -0.39 is 0 Å². The van der Waals surface area contributed by atoms with Crippen LogP contribution in [-0.4, -0.2) is 30.7 Å². The molecule has 1 aromatic carbocycles. The van der Waals surface area contributed by atoms with Gasteiger partial charge in [-0.1, -0.05) is 18.7 Å². The maximum absolute atomic E-state index is 10.4. The number of nitrogens with zero attached hydrogens (tertiary/aromatic N) is 1. The highest BCUT2D eigenvalue weighted by atomic mass is 16.5. The molecule has 136 valence electrons. The van der Waals surface area contributed by atoms with Gasteiger partial charge < -0.3 is 14.7 Å². The third-order valence-electron chi connectivity index (χ3n) is 6.86. The van der Waals surface area contributed by atoms with E-state index in [1.165, 1.54) is 45.1 Å². The molecular formula is C22H31NO2. The largest absolute Gasteiger partial charge is 0.508 e. The molecule has 0 amide bonds. The van der Waals surface area contributed by atoms with E-state index >= 15 is 0 Å². The molecule has 4 fully saturated rings. The van der Waals surface area contributed by atoms with Crippen molar-refractivity contribution in [3.63, 3.8) is 0 Å². The summed E-state index contributed by atoms with van der Waals surface area (Å²) in [4.78, 5) is 2.42. The molecule has 5 rings (SSSR count). The van der Waals surface area contributed by atoms with Crippen molar-refractivity contribution in [3.8, 4) is 5.75 Å². The Kier molecular flexibility index (Phi) is 4.31. The van der Waals surface area contributed by atoms with Crippen molar-refractivity contribution in [1.29, 1.82) is 0 Å². The quantitative estimate of drug-likeness (QED) is 0.764. The van der Waals surface area contributed by atoms with Gasteiger partial charge in [-0.15, -0.1) is 0 Å². The van der Waals surface area contributed by atoms with Crippen LogP contribution in [-0.2, 0) is 11.3 Å². The lowest BCUT2D eigenvalue weighted by Gasteiger charge is -2.57. The van der Waals surface area contributed by atoms with Crippen molar-refractivity contribution in [2.75, 3.05) is 20.7 Å². The number of hydrogen-bond donors (Lipinski definition) is 1. The minimum absolute atomic E-state index is 0.341. The van der Waals surface area contributed by atoms with Crippen molar-refractivity contribution in [2.24, 2.45) is 23.2 Å². The van der Waals surface area contributed by atoms with Gasteiger partial charge in [0.05, 0.1) is 7.11 Å². The number of hydrogen-bond acceptors (Lipinski definition) is 3. The summed E-state index contributed by atoms with van der Waals surface area (Å²) in [5, 5.41) is 10.4. The van der Waals surface area contributed by atoms with Crippen LogP contribution in [0.3, 0.4) is 0 Å². The van der Waals surface area contributed by atoms with Gasteiger partial charge in [0.2, 0.25) is 0 Å². The van der Waals surface area contributed by atoms with Gasteiger partial charge in [0.25, 0.3) is 0 Å². The third-order valence-corrected chi connectivity index (χ3v) is 6.86. The zero-order chi connectivity index (χ0) is 17.6. The standard InChI is InChI=1S/C22H31NO2/c1-15(25-3)19-4-5-20(21(24)9-19)13-23(2)14-22-10-16-6-17(11-22)8-18(7-16)12-22/h4-5,9,16-18,24H,1,6-8,10-14H2,2-3H3. The number of methoxy groups -OCH3 is 1. The third kappa shape index (κ3) is 3.31. The number of rotatable bonds is 6. The Balaban J connectivity index is 1.42. The number of aromatic hydroxyl groups is 1. The second kappa shape index (κ2) is 6.35. The maximum Gasteiger partial charge on any atom is 0.120 e. The van der Waals surface area contributed by atoms with E-state index in [-0.39, 0.29) is 0 Å². The van der Waals surface area contributed by atoms with E-state index in [2.05, 4.69) is 18.5 Å². The van der Waals surface area contributed by atoms with Crippen molar-refractivity contribution in [1.82, 2.24) is 4.90 Å². The van der Waals surface area contributed by atoms with Crippen LogP contribution in [0.15, 0.2) is 24.8 Å². The average molecular weight is 341 g/mol. The van der Waals surface area contributed by atoms with Gasteiger partial charge in [0.15, 0.2) is 0 Å². The van der Waals surface area contributed by atoms with Gasteiger partial charge >= 0.3 is 0 Å². The highest BCUT2D eigenvalue weighted by Crippen LogP contribution is 2.60. The zero-order valence-corrected chi connectivity index (χ0v) is 15.6. The molecule has 25 heavy (non-hydrogen) atoms. The second-order valence-corrected chi connectivity index (χ2v) is 9.06. The van der Waals surface area contributed by atoms with Crippen LogP contribution >= 0.6 is 0 Å². The van der Waals surface area contributed by atoms with Gasteiger partial charge in [-0.05, 0) is 74.8 Å². The predicted octanol–water partition coefficient (Wildman–Crippen LogP) is 4.66. The molecule has 1 aromatic rings. The molecule has 0 aromatic heterocycles. The minimum atomic E-state index is 0.341. The number of phenolic OH excluding ortho intramolecular Hbond substituents is 1. The Hall–Kier alpha value is -1.48. The maximum atomic E-state index is 10.4. The topological polar surface area (TPSA) is 32.7 Å². The molecule has 0 saturated heterocycles. The fraction of sp³-hybridized carbons (Fsp3) is 0.636. The Labute approximate surface area is 151 Å².